The number of Topliss-reactive ketones (excluding diaryl/α,β-unsaturated/α-hetero) is 1. The van der Waals surface area contributed by atoms with Gasteiger partial charge in [0.15, 0.2) is 12.4 Å². The lowest BCUT2D eigenvalue weighted by molar-refractivity contribution is 0.0918. The van der Waals surface area contributed by atoms with E-state index in [4.69, 9.17) is 27.9 Å². The summed E-state index contributed by atoms with van der Waals surface area (Å²) in [5, 5.41) is 1.56. The fourth-order valence-electron chi connectivity index (χ4n) is 2.15. The van der Waals surface area contributed by atoms with Crippen LogP contribution in [-0.4, -0.2) is 22.4 Å². The van der Waals surface area contributed by atoms with Gasteiger partial charge in [0.05, 0.1) is 15.7 Å². The van der Waals surface area contributed by atoms with Gasteiger partial charge in [0.2, 0.25) is 5.78 Å². The highest BCUT2D eigenvalue weighted by Crippen LogP contribution is 2.37. The first-order chi connectivity index (χ1) is 10.6. The standard InChI is InChI=1S/C16H12Cl2N2O2/c1-9-4-5-10-11(17)7-12(18)16(15(10)20-9)22-8-14(21)13-3-2-6-19-13/h2-7,19H,8H2,1H3. The van der Waals surface area contributed by atoms with Crippen LogP contribution in [0.2, 0.25) is 10.0 Å². The smallest absolute Gasteiger partial charge is 0.216 e. The maximum atomic E-state index is 12.0. The van der Waals surface area contributed by atoms with E-state index < -0.39 is 0 Å². The van der Waals surface area contributed by atoms with Gasteiger partial charge in [0.1, 0.15) is 5.52 Å². The van der Waals surface area contributed by atoms with Crippen molar-refractivity contribution in [3.63, 3.8) is 0 Å². The molecule has 6 heteroatoms. The summed E-state index contributed by atoms with van der Waals surface area (Å²) in [4.78, 5) is 19.3. The third-order valence-corrected chi connectivity index (χ3v) is 3.82. The molecule has 0 atom stereocenters. The molecule has 0 aliphatic heterocycles. The molecule has 0 radical (unpaired) electrons. The number of ether oxygens (including phenoxy) is 1. The lowest BCUT2D eigenvalue weighted by Gasteiger charge is -2.11. The number of H-pyrrole nitrogens is 1. The summed E-state index contributed by atoms with van der Waals surface area (Å²) in [7, 11) is 0. The third kappa shape index (κ3) is 2.80. The maximum absolute atomic E-state index is 12.0. The van der Waals surface area contributed by atoms with E-state index in [1.807, 2.05) is 19.1 Å². The average molecular weight is 335 g/mol. The predicted molar refractivity (Wildman–Crippen MR) is 87.1 cm³/mol. The minimum atomic E-state index is -0.170. The Hall–Kier alpha value is -2.04. The molecule has 0 unspecified atom stereocenters. The number of hydrogen-bond acceptors (Lipinski definition) is 3. The molecule has 1 N–H and O–H groups in total. The summed E-state index contributed by atoms with van der Waals surface area (Å²) >= 11 is 12.4. The van der Waals surface area contributed by atoms with Crippen LogP contribution in [0.4, 0.5) is 0 Å². The molecule has 2 aromatic heterocycles. The molecule has 0 amide bonds. The summed E-state index contributed by atoms with van der Waals surface area (Å²) in [5.74, 6) is 0.196. The van der Waals surface area contributed by atoms with Crippen LogP contribution < -0.4 is 4.74 Å². The minimum Gasteiger partial charge on any atom is -0.482 e. The molecule has 0 fully saturated rings. The van der Waals surface area contributed by atoms with Crippen LogP contribution in [-0.2, 0) is 0 Å². The van der Waals surface area contributed by atoms with Gasteiger partial charge in [-0.15, -0.1) is 0 Å². The highest BCUT2D eigenvalue weighted by atomic mass is 35.5. The predicted octanol–water partition coefficient (Wildman–Crippen LogP) is 4.44. The molecule has 0 aliphatic rings. The van der Waals surface area contributed by atoms with Crippen LogP contribution in [0.15, 0.2) is 36.5 Å². The molecular weight excluding hydrogens is 323 g/mol. The zero-order valence-corrected chi connectivity index (χ0v) is 13.2. The van der Waals surface area contributed by atoms with Gasteiger partial charge in [-0.05, 0) is 37.3 Å². The first kappa shape index (κ1) is 14.9. The first-order valence-corrected chi connectivity index (χ1v) is 7.36. The third-order valence-electron chi connectivity index (χ3n) is 3.22. The largest absolute Gasteiger partial charge is 0.482 e. The average Bonchev–Trinajstić information content (AvgIpc) is 3.00. The number of hydrogen-bond donors (Lipinski definition) is 1. The van der Waals surface area contributed by atoms with Gasteiger partial charge in [-0.3, -0.25) is 4.79 Å². The Morgan fingerprint density at radius 2 is 2.09 bits per heavy atom. The number of nitrogens with one attached hydrogen (secondary N) is 1. The number of aryl methyl sites for hydroxylation is 1. The molecule has 0 bridgehead atoms. The van der Waals surface area contributed by atoms with E-state index in [2.05, 4.69) is 9.97 Å². The van der Waals surface area contributed by atoms with Crippen LogP contribution in [0.1, 0.15) is 16.2 Å². The van der Waals surface area contributed by atoms with Gasteiger partial charge in [0.25, 0.3) is 0 Å². The Morgan fingerprint density at radius 3 is 2.82 bits per heavy atom. The summed E-state index contributed by atoms with van der Waals surface area (Å²) in [6, 6.07) is 8.75. The van der Waals surface area contributed by atoms with Crippen LogP contribution in [0.5, 0.6) is 5.75 Å². The topological polar surface area (TPSA) is 55.0 Å². The lowest BCUT2D eigenvalue weighted by Crippen LogP contribution is -2.12. The number of rotatable bonds is 4. The molecule has 0 saturated heterocycles. The van der Waals surface area contributed by atoms with E-state index in [-0.39, 0.29) is 12.4 Å². The molecule has 3 rings (SSSR count). The van der Waals surface area contributed by atoms with Gasteiger partial charge >= 0.3 is 0 Å². The van der Waals surface area contributed by atoms with Crippen molar-refractivity contribution in [2.24, 2.45) is 0 Å². The summed E-state index contributed by atoms with van der Waals surface area (Å²) in [5.41, 5.74) is 1.85. The van der Waals surface area contributed by atoms with Crippen molar-refractivity contribution in [2.45, 2.75) is 6.92 Å². The van der Waals surface area contributed by atoms with Gasteiger partial charge in [0, 0.05) is 17.3 Å². The van der Waals surface area contributed by atoms with Gasteiger partial charge in [-0.2, -0.15) is 0 Å². The Kier molecular flexibility index (Phi) is 4.05. The number of carbonyl (C=O) groups is 1. The molecule has 1 aromatic carbocycles. The number of pyridine rings is 1. The number of aromatic amines is 1. The van der Waals surface area contributed by atoms with Crippen molar-refractivity contribution in [3.8, 4) is 5.75 Å². The summed E-state index contributed by atoms with van der Waals surface area (Å²) in [6.07, 6.45) is 1.68. The van der Waals surface area contributed by atoms with Gasteiger partial charge in [-0.1, -0.05) is 23.2 Å². The number of fused-ring (bicyclic) bond motifs is 1. The second kappa shape index (κ2) is 5.99. The van der Waals surface area contributed by atoms with Crippen LogP contribution in [0, 0.1) is 6.92 Å². The number of halogens is 2. The number of carbonyl (C=O) groups excluding carboxylic acids is 1. The van der Waals surface area contributed by atoms with E-state index in [0.29, 0.717) is 27.0 Å². The molecule has 0 saturated carbocycles. The van der Waals surface area contributed by atoms with Crippen molar-refractivity contribution in [1.29, 1.82) is 0 Å². The monoisotopic (exact) mass is 334 g/mol. The highest BCUT2D eigenvalue weighted by molar-refractivity contribution is 6.39. The second-order valence-corrected chi connectivity index (χ2v) is 5.63. The van der Waals surface area contributed by atoms with Gasteiger partial charge in [-0.25, -0.2) is 4.98 Å². The molecular formula is C16H12Cl2N2O2. The summed E-state index contributed by atoms with van der Waals surface area (Å²) < 4.78 is 5.62. The Bertz CT molecular complexity index is 845. The van der Waals surface area contributed by atoms with Crippen LogP contribution in [0.3, 0.4) is 0 Å². The summed E-state index contributed by atoms with van der Waals surface area (Å²) in [6.45, 7) is 1.73. The zero-order valence-electron chi connectivity index (χ0n) is 11.7. The Balaban J connectivity index is 1.96. The first-order valence-electron chi connectivity index (χ1n) is 6.61. The lowest BCUT2D eigenvalue weighted by atomic mass is 10.2. The molecule has 4 nitrogen and oxygen atoms in total. The number of benzene rings is 1. The molecule has 2 heterocycles. The number of ketones is 1. The van der Waals surface area contributed by atoms with E-state index in [9.17, 15) is 4.79 Å². The SMILES string of the molecule is Cc1ccc2c(Cl)cc(Cl)c(OCC(=O)c3ccc[nH]3)c2n1. The van der Waals surface area contributed by atoms with E-state index >= 15 is 0 Å². The van der Waals surface area contributed by atoms with Crippen molar-refractivity contribution in [2.75, 3.05) is 6.61 Å². The molecule has 0 spiro atoms. The second-order valence-electron chi connectivity index (χ2n) is 4.81. The van der Waals surface area contributed by atoms with Crippen molar-refractivity contribution >= 4 is 39.9 Å². The molecule has 3 aromatic rings. The van der Waals surface area contributed by atoms with E-state index in [0.717, 1.165) is 11.1 Å². The number of nitrogens with zero attached hydrogens (tertiary/aromatic N) is 1. The Labute approximate surface area is 137 Å². The number of aromatic nitrogens is 2. The van der Waals surface area contributed by atoms with E-state index in [1.54, 1.807) is 24.4 Å². The highest BCUT2D eigenvalue weighted by Gasteiger charge is 2.15. The maximum Gasteiger partial charge on any atom is 0.216 e. The van der Waals surface area contributed by atoms with Crippen molar-refractivity contribution < 1.29 is 9.53 Å². The van der Waals surface area contributed by atoms with E-state index in [1.165, 1.54) is 0 Å². The van der Waals surface area contributed by atoms with Gasteiger partial charge < -0.3 is 9.72 Å². The van der Waals surface area contributed by atoms with Crippen molar-refractivity contribution in [3.05, 3.63) is 58.0 Å². The fourth-order valence-corrected chi connectivity index (χ4v) is 2.72. The normalized spacial score (nSPS) is 10.9. The quantitative estimate of drug-likeness (QED) is 0.717. The van der Waals surface area contributed by atoms with Crippen LogP contribution >= 0.6 is 23.2 Å². The molecule has 0 aliphatic carbocycles. The van der Waals surface area contributed by atoms with Crippen molar-refractivity contribution in [1.82, 2.24) is 9.97 Å². The zero-order chi connectivity index (χ0) is 15.7. The molecule has 22 heavy (non-hydrogen) atoms. The Morgan fingerprint density at radius 1 is 1.27 bits per heavy atom. The fraction of sp³-hybridized carbons (Fsp3) is 0.125. The molecule has 112 valence electrons. The minimum absolute atomic E-state index is 0.132. The van der Waals surface area contributed by atoms with Crippen LogP contribution in [0.25, 0.3) is 10.9 Å².